The van der Waals surface area contributed by atoms with E-state index in [1.54, 1.807) is 6.07 Å². The summed E-state index contributed by atoms with van der Waals surface area (Å²) in [5.74, 6) is 0. The first kappa shape index (κ1) is 16.7. The van der Waals surface area contributed by atoms with E-state index in [2.05, 4.69) is 17.9 Å². The normalized spacial score (nSPS) is 11.3. The second kappa shape index (κ2) is 7.20. The van der Waals surface area contributed by atoms with Crippen LogP contribution in [0.3, 0.4) is 0 Å². The summed E-state index contributed by atoms with van der Waals surface area (Å²) in [5, 5.41) is 1.74. The largest absolute Gasteiger partial charge is 0.423 e. The Morgan fingerprint density at radius 2 is 1.79 bits per heavy atom. The molecular formula is C20H20ClNO2. The van der Waals surface area contributed by atoms with Crippen LogP contribution in [0.15, 0.2) is 57.7 Å². The van der Waals surface area contributed by atoms with Gasteiger partial charge in [-0.3, -0.25) is 4.90 Å². The summed E-state index contributed by atoms with van der Waals surface area (Å²) >= 11 is 5.95. The highest BCUT2D eigenvalue weighted by Crippen LogP contribution is 2.21. The first-order chi connectivity index (χ1) is 11.5. The van der Waals surface area contributed by atoms with Gasteiger partial charge in [-0.1, -0.05) is 42.3 Å². The number of fused-ring (bicyclic) bond motifs is 1. The van der Waals surface area contributed by atoms with Gasteiger partial charge in [-0.2, -0.15) is 0 Å². The maximum atomic E-state index is 11.9. The van der Waals surface area contributed by atoms with Crippen molar-refractivity contribution in [2.24, 2.45) is 0 Å². The lowest BCUT2D eigenvalue weighted by molar-refractivity contribution is 0.272. The lowest BCUT2D eigenvalue weighted by Gasteiger charge is -2.21. The zero-order chi connectivity index (χ0) is 17.1. The number of benzene rings is 2. The second-order valence-corrected chi connectivity index (χ2v) is 6.46. The van der Waals surface area contributed by atoms with E-state index in [-0.39, 0.29) is 5.63 Å². The van der Waals surface area contributed by atoms with E-state index >= 15 is 0 Å². The third-order valence-electron chi connectivity index (χ3n) is 4.14. The molecule has 0 N–H and O–H groups in total. The Hall–Kier alpha value is -2.10. The van der Waals surface area contributed by atoms with Crippen LogP contribution in [-0.2, 0) is 13.1 Å². The van der Waals surface area contributed by atoms with Gasteiger partial charge in [0.15, 0.2) is 0 Å². The molecular weight excluding hydrogens is 322 g/mol. The van der Waals surface area contributed by atoms with E-state index in [9.17, 15) is 4.79 Å². The van der Waals surface area contributed by atoms with Crippen LogP contribution < -0.4 is 5.63 Å². The summed E-state index contributed by atoms with van der Waals surface area (Å²) < 4.78 is 5.32. The van der Waals surface area contributed by atoms with Gasteiger partial charge in [-0.05, 0) is 48.9 Å². The third-order valence-corrected chi connectivity index (χ3v) is 4.40. The Morgan fingerprint density at radius 1 is 1.04 bits per heavy atom. The lowest BCUT2D eigenvalue weighted by atomic mass is 10.1. The molecule has 0 bridgehead atoms. The number of halogens is 1. The van der Waals surface area contributed by atoms with Gasteiger partial charge >= 0.3 is 5.63 Å². The maximum absolute atomic E-state index is 11.9. The molecule has 0 saturated heterocycles. The summed E-state index contributed by atoms with van der Waals surface area (Å²) in [5.41, 5.74) is 3.69. The van der Waals surface area contributed by atoms with E-state index in [0.29, 0.717) is 12.1 Å². The molecule has 0 atom stereocenters. The molecule has 0 saturated carbocycles. The Morgan fingerprint density at radius 3 is 2.50 bits per heavy atom. The van der Waals surface area contributed by atoms with E-state index < -0.39 is 0 Å². The van der Waals surface area contributed by atoms with Gasteiger partial charge in [0.25, 0.3) is 0 Å². The quantitative estimate of drug-likeness (QED) is 0.626. The van der Waals surface area contributed by atoms with Gasteiger partial charge in [0, 0.05) is 29.6 Å². The predicted molar refractivity (Wildman–Crippen MR) is 98.5 cm³/mol. The molecule has 0 aliphatic rings. The van der Waals surface area contributed by atoms with Crippen LogP contribution in [0.4, 0.5) is 0 Å². The van der Waals surface area contributed by atoms with Crippen molar-refractivity contribution < 1.29 is 4.42 Å². The Balaban J connectivity index is 1.90. The zero-order valence-electron chi connectivity index (χ0n) is 13.9. The highest BCUT2D eigenvalue weighted by Gasteiger charge is 2.11. The predicted octanol–water partition coefficient (Wildman–Crippen LogP) is 4.78. The number of rotatable bonds is 5. The van der Waals surface area contributed by atoms with Crippen LogP contribution in [0.25, 0.3) is 11.0 Å². The van der Waals surface area contributed by atoms with E-state index in [0.717, 1.165) is 34.6 Å². The van der Waals surface area contributed by atoms with E-state index in [4.69, 9.17) is 16.0 Å². The van der Waals surface area contributed by atoms with Crippen LogP contribution in [0, 0.1) is 6.92 Å². The summed E-state index contributed by atoms with van der Waals surface area (Å²) in [6.45, 7) is 6.55. The molecule has 0 unspecified atom stereocenters. The molecule has 2 aromatic carbocycles. The number of aryl methyl sites for hydroxylation is 1. The SMILES string of the molecule is CCN(Cc1ccc(Cl)cc1)Cc1cc(=O)oc2ccc(C)cc12. The average Bonchev–Trinajstić information content (AvgIpc) is 2.56. The van der Waals surface area contributed by atoms with Crippen LogP contribution in [0.1, 0.15) is 23.6 Å². The van der Waals surface area contributed by atoms with Gasteiger partial charge in [0.2, 0.25) is 0 Å². The fourth-order valence-corrected chi connectivity index (χ4v) is 2.97. The smallest absolute Gasteiger partial charge is 0.336 e. The Labute approximate surface area is 146 Å². The minimum atomic E-state index is -0.302. The highest BCUT2D eigenvalue weighted by molar-refractivity contribution is 6.30. The molecule has 3 aromatic rings. The lowest BCUT2D eigenvalue weighted by Crippen LogP contribution is -2.23. The van der Waals surface area contributed by atoms with Crippen LogP contribution in [0.2, 0.25) is 5.02 Å². The average molecular weight is 342 g/mol. The molecule has 1 heterocycles. The van der Waals surface area contributed by atoms with Crippen LogP contribution >= 0.6 is 11.6 Å². The second-order valence-electron chi connectivity index (χ2n) is 6.02. The summed E-state index contributed by atoms with van der Waals surface area (Å²) in [6, 6.07) is 15.4. The molecule has 1 aromatic heterocycles. The maximum Gasteiger partial charge on any atom is 0.336 e. The van der Waals surface area contributed by atoms with E-state index in [1.165, 1.54) is 5.56 Å². The van der Waals surface area contributed by atoms with Crippen molar-refractivity contribution in [3.8, 4) is 0 Å². The third kappa shape index (κ3) is 3.86. The number of hydrogen-bond acceptors (Lipinski definition) is 3. The van der Waals surface area contributed by atoms with Crippen molar-refractivity contribution in [1.82, 2.24) is 4.90 Å². The van der Waals surface area contributed by atoms with Gasteiger partial charge in [-0.25, -0.2) is 4.79 Å². The van der Waals surface area contributed by atoms with E-state index in [1.807, 2.05) is 43.3 Å². The molecule has 0 aliphatic carbocycles. The van der Waals surface area contributed by atoms with Crippen molar-refractivity contribution in [2.75, 3.05) is 6.54 Å². The molecule has 0 radical (unpaired) electrons. The van der Waals surface area contributed by atoms with Crippen molar-refractivity contribution >= 4 is 22.6 Å². The monoisotopic (exact) mass is 341 g/mol. The van der Waals surface area contributed by atoms with Crippen molar-refractivity contribution in [3.05, 3.63) is 80.7 Å². The summed E-state index contributed by atoms with van der Waals surface area (Å²) in [4.78, 5) is 14.1. The molecule has 0 amide bonds. The van der Waals surface area contributed by atoms with Crippen molar-refractivity contribution in [3.63, 3.8) is 0 Å². The first-order valence-corrected chi connectivity index (χ1v) is 8.43. The van der Waals surface area contributed by atoms with Crippen molar-refractivity contribution in [2.45, 2.75) is 26.9 Å². The molecule has 124 valence electrons. The van der Waals surface area contributed by atoms with Gasteiger partial charge in [-0.15, -0.1) is 0 Å². The molecule has 0 spiro atoms. The Bertz CT molecular complexity index is 900. The van der Waals surface area contributed by atoms with Crippen LogP contribution in [-0.4, -0.2) is 11.4 Å². The molecule has 0 fully saturated rings. The molecule has 24 heavy (non-hydrogen) atoms. The Kier molecular flexibility index (Phi) is 5.03. The van der Waals surface area contributed by atoms with Gasteiger partial charge in [0.05, 0.1) is 0 Å². The van der Waals surface area contributed by atoms with Crippen molar-refractivity contribution in [1.29, 1.82) is 0 Å². The highest BCUT2D eigenvalue weighted by atomic mass is 35.5. The minimum absolute atomic E-state index is 0.302. The minimum Gasteiger partial charge on any atom is -0.423 e. The molecule has 0 aliphatic heterocycles. The molecule has 3 nitrogen and oxygen atoms in total. The summed E-state index contributed by atoms with van der Waals surface area (Å²) in [6.07, 6.45) is 0. The summed E-state index contributed by atoms with van der Waals surface area (Å²) in [7, 11) is 0. The standard InChI is InChI=1S/C20H20ClNO2/c1-3-22(12-15-5-7-17(21)8-6-15)13-16-11-20(23)24-19-9-4-14(2)10-18(16)19/h4-11H,3,12-13H2,1-2H3. The topological polar surface area (TPSA) is 33.5 Å². The van der Waals surface area contributed by atoms with Gasteiger partial charge in [0.1, 0.15) is 5.58 Å². The zero-order valence-corrected chi connectivity index (χ0v) is 14.6. The first-order valence-electron chi connectivity index (χ1n) is 8.05. The molecule has 3 rings (SSSR count). The fourth-order valence-electron chi connectivity index (χ4n) is 2.84. The molecule has 4 heteroatoms. The number of hydrogen-bond donors (Lipinski definition) is 0. The number of nitrogens with zero attached hydrogens (tertiary/aromatic N) is 1. The van der Waals surface area contributed by atoms with Gasteiger partial charge < -0.3 is 4.42 Å². The fraction of sp³-hybridized carbons (Fsp3) is 0.250. The van der Waals surface area contributed by atoms with Crippen LogP contribution in [0.5, 0.6) is 0 Å².